The standard InChI is InChI=1S/C12H13Cl2NO2/c1-2-17-12(16)5-3-4-8-6-10(14)11(15)7-9(8)13/h3-4,6-7H,2,5,15H2,1H3. The van der Waals surface area contributed by atoms with Crippen molar-refractivity contribution in [2.75, 3.05) is 12.3 Å². The van der Waals surface area contributed by atoms with E-state index in [1.165, 1.54) is 0 Å². The van der Waals surface area contributed by atoms with Crippen LogP contribution in [0.1, 0.15) is 18.9 Å². The zero-order chi connectivity index (χ0) is 12.8. The van der Waals surface area contributed by atoms with E-state index in [4.69, 9.17) is 33.7 Å². The van der Waals surface area contributed by atoms with Gasteiger partial charge in [-0.1, -0.05) is 35.4 Å². The van der Waals surface area contributed by atoms with Gasteiger partial charge in [-0.15, -0.1) is 0 Å². The molecule has 3 nitrogen and oxygen atoms in total. The fraction of sp³-hybridized carbons (Fsp3) is 0.250. The van der Waals surface area contributed by atoms with Crippen molar-refractivity contribution in [3.8, 4) is 0 Å². The molecule has 92 valence electrons. The molecule has 1 aromatic carbocycles. The number of carbonyl (C=O) groups excluding carboxylic acids is 1. The van der Waals surface area contributed by atoms with Gasteiger partial charge < -0.3 is 10.5 Å². The molecule has 0 amide bonds. The predicted octanol–water partition coefficient (Wildman–Crippen LogP) is 3.54. The topological polar surface area (TPSA) is 52.3 Å². The van der Waals surface area contributed by atoms with Crippen LogP contribution in [0.15, 0.2) is 18.2 Å². The van der Waals surface area contributed by atoms with Crippen molar-refractivity contribution in [1.82, 2.24) is 0 Å². The van der Waals surface area contributed by atoms with Crippen molar-refractivity contribution in [2.24, 2.45) is 0 Å². The second-order valence-corrected chi connectivity index (χ2v) is 4.12. The first-order chi connectivity index (χ1) is 8.04. The summed E-state index contributed by atoms with van der Waals surface area (Å²) in [6.45, 7) is 2.14. The highest BCUT2D eigenvalue weighted by atomic mass is 35.5. The summed E-state index contributed by atoms with van der Waals surface area (Å²) in [5, 5.41) is 0.928. The SMILES string of the molecule is CCOC(=O)CC=Cc1cc(Cl)c(N)cc1Cl. The number of ether oxygens (including phenoxy) is 1. The van der Waals surface area contributed by atoms with Crippen LogP contribution in [-0.4, -0.2) is 12.6 Å². The Balaban J connectivity index is 2.71. The van der Waals surface area contributed by atoms with Gasteiger partial charge in [-0.05, 0) is 24.6 Å². The Morgan fingerprint density at radius 2 is 2.12 bits per heavy atom. The maximum absolute atomic E-state index is 11.1. The van der Waals surface area contributed by atoms with E-state index in [9.17, 15) is 4.79 Å². The molecule has 1 aromatic rings. The molecule has 2 N–H and O–H groups in total. The number of hydrogen-bond acceptors (Lipinski definition) is 3. The number of carbonyl (C=O) groups is 1. The lowest BCUT2D eigenvalue weighted by Crippen LogP contribution is -2.01. The first-order valence-corrected chi connectivity index (χ1v) is 5.87. The second kappa shape index (κ2) is 6.52. The molecule has 0 saturated carbocycles. The monoisotopic (exact) mass is 273 g/mol. The lowest BCUT2D eigenvalue weighted by atomic mass is 10.2. The summed E-state index contributed by atoms with van der Waals surface area (Å²) in [6.07, 6.45) is 3.59. The number of nitrogens with two attached hydrogens (primary N) is 1. The van der Waals surface area contributed by atoms with Gasteiger partial charge in [-0.2, -0.15) is 0 Å². The summed E-state index contributed by atoms with van der Waals surface area (Å²) in [5.41, 5.74) is 6.74. The zero-order valence-electron chi connectivity index (χ0n) is 9.37. The van der Waals surface area contributed by atoms with E-state index in [1.54, 1.807) is 31.2 Å². The maximum Gasteiger partial charge on any atom is 0.309 e. The highest BCUT2D eigenvalue weighted by Gasteiger charge is 2.03. The maximum atomic E-state index is 11.1. The molecule has 17 heavy (non-hydrogen) atoms. The minimum absolute atomic E-state index is 0.201. The van der Waals surface area contributed by atoms with Crippen LogP contribution in [0, 0.1) is 0 Å². The van der Waals surface area contributed by atoms with Crippen LogP contribution in [0.3, 0.4) is 0 Å². The largest absolute Gasteiger partial charge is 0.466 e. The molecule has 1 rings (SSSR count). The molecule has 0 radical (unpaired) electrons. The van der Waals surface area contributed by atoms with Crippen molar-refractivity contribution in [3.63, 3.8) is 0 Å². The van der Waals surface area contributed by atoms with Gasteiger partial charge in [-0.3, -0.25) is 4.79 Å². The fourth-order valence-corrected chi connectivity index (χ4v) is 1.61. The molecular formula is C12H13Cl2NO2. The van der Waals surface area contributed by atoms with Crippen LogP contribution in [0.2, 0.25) is 10.0 Å². The number of nitrogen functional groups attached to an aromatic ring is 1. The Hall–Kier alpha value is -1.19. The lowest BCUT2D eigenvalue weighted by Gasteiger charge is -2.03. The van der Waals surface area contributed by atoms with Crippen LogP contribution < -0.4 is 5.73 Å². The summed E-state index contributed by atoms with van der Waals surface area (Å²) in [4.78, 5) is 11.1. The molecule has 5 heteroatoms. The van der Waals surface area contributed by atoms with Crippen molar-refractivity contribution in [2.45, 2.75) is 13.3 Å². The smallest absolute Gasteiger partial charge is 0.309 e. The van der Waals surface area contributed by atoms with Crippen LogP contribution in [0.4, 0.5) is 5.69 Å². The van der Waals surface area contributed by atoms with Gasteiger partial charge in [0.15, 0.2) is 0 Å². The average Bonchev–Trinajstić information content (AvgIpc) is 2.26. The summed E-state index contributed by atoms with van der Waals surface area (Å²) >= 11 is 11.8. The molecule has 0 spiro atoms. The third kappa shape index (κ3) is 4.29. The first-order valence-electron chi connectivity index (χ1n) is 5.11. The molecule has 0 aromatic heterocycles. The van der Waals surface area contributed by atoms with E-state index in [0.29, 0.717) is 22.3 Å². The number of benzene rings is 1. The molecule has 0 saturated heterocycles. The van der Waals surface area contributed by atoms with Gasteiger partial charge in [0.2, 0.25) is 0 Å². The Labute approximate surface area is 110 Å². The van der Waals surface area contributed by atoms with Crippen molar-refractivity contribution in [1.29, 1.82) is 0 Å². The van der Waals surface area contributed by atoms with E-state index >= 15 is 0 Å². The number of anilines is 1. The van der Waals surface area contributed by atoms with Gasteiger partial charge in [0.1, 0.15) is 0 Å². The van der Waals surface area contributed by atoms with Crippen molar-refractivity contribution in [3.05, 3.63) is 33.8 Å². The van der Waals surface area contributed by atoms with E-state index < -0.39 is 0 Å². The molecular weight excluding hydrogens is 261 g/mol. The Kier molecular flexibility index (Phi) is 5.32. The third-order valence-corrected chi connectivity index (χ3v) is 2.66. The molecule has 0 aliphatic carbocycles. The first kappa shape index (κ1) is 13.9. The highest BCUT2D eigenvalue weighted by Crippen LogP contribution is 2.27. The number of halogens is 2. The number of hydrogen-bond donors (Lipinski definition) is 1. The highest BCUT2D eigenvalue weighted by molar-refractivity contribution is 6.36. The Morgan fingerprint density at radius 1 is 1.41 bits per heavy atom. The lowest BCUT2D eigenvalue weighted by molar-refractivity contribution is -0.142. The molecule has 0 fully saturated rings. The van der Waals surface area contributed by atoms with E-state index in [-0.39, 0.29) is 12.4 Å². The number of esters is 1. The summed E-state index contributed by atoms with van der Waals surface area (Å²) in [6, 6.07) is 3.23. The third-order valence-electron chi connectivity index (χ3n) is 2.00. The van der Waals surface area contributed by atoms with Gasteiger partial charge >= 0.3 is 5.97 Å². The van der Waals surface area contributed by atoms with E-state index in [1.807, 2.05) is 0 Å². The molecule has 0 unspecified atom stereocenters. The minimum atomic E-state index is -0.276. The van der Waals surface area contributed by atoms with E-state index in [0.717, 1.165) is 5.56 Å². The Morgan fingerprint density at radius 3 is 2.76 bits per heavy atom. The van der Waals surface area contributed by atoms with Gasteiger partial charge in [-0.25, -0.2) is 0 Å². The summed E-state index contributed by atoms with van der Waals surface area (Å²) in [7, 11) is 0. The molecule has 0 aliphatic rings. The van der Waals surface area contributed by atoms with Crippen LogP contribution in [-0.2, 0) is 9.53 Å². The van der Waals surface area contributed by atoms with Gasteiger partial charge in [0.25, 0.3) is 0 Å². The normalized spacial score (nSPS) is 10.8. The quantitative estimate of drug-likeness (QED) is 0.674. The molecule has 0 heterocycles. The Bertz CT molecular complexity index is 444. The second-order valence-electron chi connectivity index (χ2n) is 3.31. The minimum Gasteiger partial charge on any atom is -0.466 e. The van der Waals surface area contributed by atoms with Gasteiger partial charge in [0, 0.05) is 5.02 Å². The summed E-state index contributed by atoms with van der Waals surface area (Å²) < 4.78 is 4.78. The average molecular weight is 274 g/mol. The van der Waals surface area contributed by atoms with Crippen LogP contribution in [0.5, 0.6) is 0 Å². The van der Waals surface area contributed by atoms with Crippen molar-refractivity contribution >= 4 is 40.9 Å². The van der Waals surface area contributed by atoms with Gasteiger partial charge in [0.05, 0.1) is 23.7 Å². The van der Waals surface area contributed by atoms with Crippen LogP contribution >= 0.6 is 23.2 Å². The van der Waals surface area contributed by atoms with Crippen molar-refractivity contribution < 1.29 is 9.53 Å². The number of rotatable bonds is 4. The van der Waals surface area contributed by atoms with E-state index in [2.05, 4.69) is 0 Å². The predicted molar refractivity (Wildman–Crippen MR) is 71.2 cm³/mol. The molecule has 0 bridgehead atoms. The molecule has 0 aliphatic heterocycles. The van der Waals surface area contributed by atoms with Crippen LogP contribution in [0.25, 0.3) is 6.08 Å². The fourth-order valence-electron chi connectivity index (χ4n) is 1.21. The summed E-state index contributed by atoms with van der Waals surface area (Å²) in [5.74, 6) is -0.276. The molecule has 0 atom stereocenters. The zero-order valence-corrected chi connectivity index (χ0v) is 10.9.